The van der Waals surface area contributed by atoms with Gasteiger partial charge in [-0.05, 0) is 49.7 Å². The summed E-state index contributed by atoms with van der Waals surface area (Å²) < 4.78 is 1.09. The summed E-state index contributed by atoms with van der Waals surface area (Å²) in [5.41, 5.74) is 4.46. The monoisotopic (exact) mass is 290 g/mol. The molecule has 2 rings (SSSR count). The van der Waals surface area contributed by atoms with Crippen molar-refractivity contribution in [1.82, 2.24) is 4.98 Å². The zero-order chi connectivity index (χ0) is 12.3. The van der Waals surface area contributed by atoms with Crippen molar-refractivity contribution in [2.75, 3.05) is 5.32 Å². The standard InChI is InChI=1S/C14H15BrN2/c1-10-6-12(15)8-14(7-10)16-9-13-5-3-4-11(2)17-13/h3-8,16H,9H2,1-2H3. The first-order valence-corrected chi connectivity index (χ1v) is 6.36. The van der Waals surface area contributed by atoms with E-state index >= 15 is 0 Å². The molecule has 0 saturated carbocycles. The van der Waals surface area contributed by atoms with E-state index < -0.39 is 0 Å². The highest BCUT2D eigenvalue weighted by molar-refractivity contribution is 9.10. The van der Waals surface area contributed by atoms with Gasteiger partial charge in [0.25, 0.3) is 0 Å². The molecule has 0 atom stereocenters. The maximum Gasteiger partial charge on any atom is 0.0597 e. The largest absolute Gasteiger partial charge is 0.379 e. The third kappa shape index (κ3) is 3.56. The first-order valence-electron chi connectivity index (χ1n) is 5.57. The molecule has 0 spiro atoms. The van der Waals surface area contributed by atoms with Crippen LogP contribution >= 0.6 is 15.9 Å². The van der Waals surface area contributed by atoms with Gasteiger partial charge in [-0.15, -0.1) is 0 Å². The number of rotatable bonds is 3. The number of nitrogens with one attached hydrogen (secondary N) is 1. The van der Waals surface area contributed by atoms with Gasteiger partial charge in [0.15, 0.2) is 0 Å². The minimum absolute atomic E-state index is 0.748. The molecule has 1 heterocycles. The van der Waals surface area contributed by atoms with Crippen molar-refractivity contribution in [1.29, 1.82) is 0 Å². The van der Waals surface area contributed by atoms with Gasteiger partial charge in [-0.1, -0.05) is 22.0 Å². The summed E-state index contributed by atoms with van der Waals surface area (Å²) in [6.45, 7) is 4.84. The van der Waals surface area contributed by atoms with Crippen molar-refractivity contribution < 1.29 is 0 Å². The smallest absolute Gasteiger partial charge is 0.0597 e. The van der Waals surface area contributed by atoms with Crippen LogP contribution in [0, 0.1) is 13.8 Å². The summed E-state index contributed by atoms with van der Waals surface area (Å²) in [4.78, 5) is 4.46. The molecule has 0 aliphatic rings. The van der Waals surface area contributed by atoms with Gasteiger partial charge in [-0.25, -0.2) is 0 Å². The zero-order valence-corrected chi connectivity index (χ0v) is 11.6. The summed E-state index contributed by atoms with van der Waals surface area (Å²) in [7, 11) is 0. The Morgan fingerprint density at radius 1 is 1.18 bits per heavy atom. The second kappa shape index (κ2) is 5.32. The second-order valence-electron chi connectivity index (χ2n) is 4.14. The Kier molecular flexibility index (Phi) is 3.79. The molecule has 1 aromatic carbocycles. The number of benzene rings is 1. The fourth-order valence-electron chi connectivity index (χ4n) is 1.73. The van der Waals surface area contributed by atoms with Crippen LogP contribution in [0.5, 0.6) is 0 Å². The first kappa shape index (κ1) is 12.1. The molecular formula is C14H15BrN2. The summed E-state index contributed by atoms with van der Waals surface area (Å²) >= 11 is 3.50. The Morgan fingerprint density at radius 3 is 2.71 bits per heavy atom. The van der Waals surface area contributed by atoms with Gasteiger partial charge in [0, 0.05) is 15.9 Å². The van der Waals surface area contributed by atoms with Crippen molar-refractivity contribution in [3.05, 3.63) is 57.8 Å². The van der Waals surface area contributed by atoms with E-state index in [0.29, 0.717) is 0 Å². The van der Waals surface area contributed by atoms with E-state index in [2.05, 4.69) is 51.4 Å². The Bertz CT molecular complexity index is 503. The van der Waals surface area contributed by atoms with Crippen LogP contribution in [0.15, 0.2) is 40.9 Å². The molecule has 1 aromatic heterocycles. The number of hydrogen-bond acceptors (Lipinski definition) is 2. The van der Waals surface area contributed by atoms with E-state index in [1.807, 2.05) is 25.1 Å². The lowest BCUT2D eigenvalue weighted by molar-refractivity contribution is 1.01. The molecule has 1 N–H and O–H groups in total. The van der Waals surface area contributed by atoms with Crippen LogP contribution < -0.4 is 5.32 Å². The summed E-state index contributed by atoms with van der Waals surface area (Å²) in [5.74, 6) is 0. The minimum Gasteiger partial charge on any atom is -0.379 e. The predicted octanol–water partition coefficient (Wildman–Crippen LogP) is 4.07. The molecule has 0 saturated heterocycles. The number of anilines is 1. The van der Waals surface area contributed by atoms with Gasteiger partial charge >= 0.3 is 0 Å². The highest BCUT2D eigenvalue weighted by Gasteiger charge is 1.98. The van der Waals surface area contributed by atoms with E-state index in [9.17, 15) is 0 Å². The van der Waals surface area contributed by atoms with Gasteiger partial charge in [-0.3, -0.25) is 4.98 Å². The van der Waals surface area contributed by atoms with Crippen LogP contribution in [0.2, 0.25) is 0 Å². The van der Waals surface area contributed by atoms with E-state index in [0.717, 1.165) is 28.1 Å². The van der Waals surface area contributed by atoms with Crippen molar-refractivity contribution >= 4 is 21.6 Å². The molecule has 0 bridgehead atoms. The SMILES string of the molecule is Cc1cc(Br)cc(NCc2cccc(C)n2)c1. The van der Waals surface area contributed by atoms with Crippen LogP contribution in [0.25, 0.3) is 0 Å². The van der Waals surface area contributed by atoms with Crippen molar-refractivity contribution in [2.45, 2.75) is 20.4 Å². The van der Waals surface area contributed by atoms with Gasteiger partial charge in [0.1, 0.15) is 0 Å². The van der Waals surface area contributed by atoms with Crippen LogP contribution in [0.1, 0.15) is 17.0 Å². The van der Waals surface area contributed by atoms with E-state index in [1.54, 1.807) is 0 Å². The number of aromatic nitrogens is 1. The van der Waals surface area contributed by atoms with Crippen molar-refractivity contribution in [2.24, 2.45) is 0 Å². The molecule has 88 valence electrons. The van der Waals surface area contributed by atoms with Gasteiger partial charge < -0.3 is 5.32 Å². The Hall–Kier alpha value is -1.35. The summed E-state index contributed by atoms with van der Waals surface area (Å²) in [6.07, 6.45) is 0. The van der Waals surface area contributed by atoms with Crippen LogP contribution in [-0.4, -0.2) is 4.98 Å². The normalized spacial score (nSPS) is 10.3. The highest BCUT2D eigenvalue weighted by Crippen LogP contribution is 2.19. The number of hydrogen-bond donors (Lipinski definition) is 1. The Balaban J connectivity index is 2.07. The molecule has 2 nitrogen and oxygen atoms in total. The fraction of sp³-hybridized carbons (Fsp3) is 0.214. The number of halogens is 1. The molecule has 2 aromatic rings. The molecule has 0 radical (unpaired) electrons. The number of pyridine rings is 1. The third-order valence-electron chi connectivity index (χ3n) is 2.46. The minimum atomic E-state index is 0.748. The quantitative estimate of drug-likeness (QED) is 0.922. The van der Waals surface area contributed by atoms with Crippen LogP contribution in [-0.2, 0) is 6.54 Å². The second-order valence-corrected chi connectivity index (χ2v) is 5.06. The fourth-order valence-corrected chi connectivity index (χ4v) is 2.34. The third-order valence-corrected chi connectivity index (χ3v) is 2.92. The summed E-state index contributed by atoms with van der Waals surface area (Å²) in [5, 5.41) is 3.38. The molecule has 0 aliphatic carbocycles. The first-order chi connectivity index (χ1) is 8.13. The van der Waals surface area contributed by atoms with E-state index in [4.69, 9.17) is 0 Å². The molecule has 0 fully saturated rings. The summed E-state index contributed by atoms with van der Waals surface area (Å²) in [6, 6.07) is 12.4. The zero-order valence-electron chi connectivity index (χ0n) is 10.00. The van der Waals surface area contributed by atoms with Crippen LogP contribution in [0.3, 0.4) is 0 Å². The molecule has 0 aliphatic heterocycles. The molecular weight excluding hydrogens is 276 g/mol. The maximum atomic E-state index is 4.46. The van der Waals surface area contributed by atoms with Crippen molar-refractivity contribution in [3.8, 4) is 0 Å². The Morgan fingerprint density at radius 2 is 2.00 bits per heavy atom. The maximum absolute atomic E-state index is 4.46. The highest BCUT2D eigenvalue weighted by atomic mass is 79.9. The number of aryl methyl sites for hydroxylation is 2. The lowest BCUT2D eigenvalue weighted by Gasteiger charge is -2.08. The van der Waals surface area contributed by atoms with E-state index in [1.165, 1.54) is 5.56 Å². The Labute approximate surface area is 110 Å². The average Bonchev–Trinajstić information content (AvgIpc) is 2.25. The average molecular weight is 291 g/mol. The topological polar surface area (TPSA) is 24.9 Å². The molecule has 0 amide bonds. The lowest BCUT2D eigenvalue weighted by atomic mass is 10.2. The lowest BCUT2D eigenvalue weighted by Crippen LogP contribution is -2.02. The number of nitrogens with zero attached hydrogens (tertiary/aromatic N) is 1. The van der Waals surface area contributed by atoms with Gasteiger partial charge in [0.05, 0.1) is 12.2 Å². The van der Waals surface area contributed by atoms with E-state index in [-0.39, 0.29) is 0 Å². The molecule has 17 heavy (non-hydrogen) atoms. The van der Waals surface area contributed by atoms with Crippen molar-refractivity contribution in [3.63, 3.8) is 0 Å². The van der Waals surface area contributed by atoms with Crippen LogP contribution in [0.4, 0.5) is 5.69 Å². The predicted molar refractivity (Wildman–Crippen MR) is 75.2 cm³/mol. The van der Waals surface area contributed by atoms with Gasteiger partial charge in [-0.2, -0.15) is 0 Å². The van der Waals surface area contributed by atoms with Gasteiger partial charge in [0.2, 0.25) is 0 Å². The molecule has 0 unspecified atom stereocenters. The molecule has 3 heteroatoms.